The number of nitrogens with two attached hydrogens (primary N) is 7. The molecule has 42 nitrogen and oxygen atoms in total. The maximum absolute atomic E-state index is 18.0. The topological polar surface area (TPSA) is 652 Å². The molecule has 125 heavy (non-hydrogen) atoms. The van der Waals surface area contributed by atoms with Gasteiger partial charge >= 0.3 is 24.4 Å². The number of ketones is 1. The fraction of sp³-hybridized carbons (Fsp3) is 0.829. The molecular formula is C82H168N31O11P. The van der Waals surface area contributed by atoms with Gasteiger partial charge in [-0.05, 0) is 129 Å². The number of piperazine rings is 1. The van der Waals surface area contributed by atoms with Gasteiger partial charge in [-0.25, -0.2) is 33.2 Å². The van der Waals surface area contributed by atoms with E-state index in [1.54, 1.807) is 47.7 Å². The third-order valence-corrected chi connectivity index (χ3v) is 24.6. The maximum atomic E-state index is 18.0. The second kappa shape index (κ2) is 74.9. The summed E-state index contributed by atoms with van der Waals surface area (Å²) in [7, 11) is -4.44. The highest BCUT2D eigenvalue weighted by molar-refractivity contribution is 7.56. The molecule has 1 aliphatic heterocycles. The normalized spacial score (nSPS) is 12.4. The quantitative estimate of drug-likeness (QED) is 0.00959. The van der Waals surface area contributed by atoms with Gasteiger partial charge in [0.25, 0.3) is 7.59 Å². The van der Waals surface area contributed by atoms with Crippen LogP contribution in [0.5, 0.6) is 0 Å². The first-order valence-corrected chi connectivity index (χ1v) is 47.8. The van der Waals surface area contributed by atoms with Crippen molar-refractivity contribution in [3.05, 3.63) is 0 Å². The van der Waals surface area contributed by atoms with E-state index in [0.29, 0.717) is 175 Å². The first-order chi connectivity index (χ1) is 60.1. The fourth-order valence-electron chi connectivity index (χ4n) is 14.2. The largest absolute Gasteiger partial charge is 0.448 e. The number of nitrogens with one attached hydrogen (secondary N) is 16. The second-order valence-electron chi connectivity index (χ2n) is 32.0. The SMILES string of the molecule is CC(=N)NCCCCCCN(CCCCCCNC(=N)N)C(=O)OCCN(CCOC(=O)N(CCCCCCNC(=N)N)CCCCCCNC(=N)N)P(=O)(N(CCOC(=O)N(CCCCCCNC(=N)N)CCCCCCNC(=N)N)CCOC(=O)N(CCCCCCNC(=N)N)CCCCCCNC(=N)N)N1CCN(C(=O)CCCCCCC(C)=O)CC1. The van der Waals surface area contributed by atoms with E-state index >= 15 is 4.57 Å². The highest BCUT2D eigenvalue weighted by Gasteiger charge is 2.45. The summed E-state index contributed by atoms with van der Waals surface area (Å²) < 4.78 is 48.4. The Hall–Kier alpha value is -9.31. The lowest BCUT2D eigenvalue weighted by Crippen LogP contribution is -2.53. The number of Topliss-reactive ketones (excluding diaryl/α,β-unsaturated/α-hetero) is 1. The Morgan fingerprint density at radius 2 is 0.480 bits per heavy atom. The van der Waals surface area contributed by atoms with E-state index in [4.69, 9.17) is 102 Å². The number of nitrogens with zero attached hydrogens (tertiary/aromatic N) is 8. The third-order valence-electron chi connectivity index (χ3n) is 21.2. The summed E-state index contributed by atoms with van der Waals surface area (Å²) in [6.45, 7) is 8.98. The highest BCUT2D eigenvalue weighted by Crippen LogP contribution is 2.56. The number of rotatable bonds is 78. The van der Waals surface area contributed by atoms with Gasteiger partial charge in [-0.2, -0.15) is 0 Å². The lowest BCUT2D eigenvalue weighted by atomic mass is 10.1. The maximum Gasteiger partial charge on any atom is 0.409 e. The van der Waals surface area contributed by atoms with Crippen molar-refractivity contribution in [1.29, 1.82) is 43.3 Å². The molecule has 1 saturated heterocycles. The number of hydrogen-bond donors (Lipinski definition) is 23. The molecule has 0 aromatic carbocycles. The first kappa shape index (κ1) is 114. The summed E-state index contributed by atoms with van der Waals surface area (Å²) in [5.41, 5.74) is 38.9. The van der Waals surface area contributed by atoms with Crippen molar-refractivity contribution in [1.82, 2.24) is 81.0 Å². The van der Waals surface area contributed by atoms with Gasteiger partial charge in [-0.3, -0.25) is 52.6 Å². The molecule has 5 amide bonds. The second-order valence-corrected chi connectivity index (χ2v) is 34.7. The van der Waals surface area contributed by atoms with Crippen molar-refractivity contribution in [2.45, 2.75) is 258 Å². The number of hydrogen-bond acceptors (Lipinski definition) is 19. The molecule has 0 spiro atoms. The van der Waals surface area contributed by atoms with Crippen LogP contribution in [0.3, 0.4) is 0 Å². The van der Waals surface area contributed by atoms with Crippen LogP contribution in [0, 0.1) is 43.3 Å². The molecule has 722 valence electrons. The van der Waals surface area contributed by atoms with Crippen LogP contribution in [0.1, 0.15) is 258 Å². The smallest absolute Gasteiger partial charge is 0.409 e. The minimum atomic E-state index is -4.44. The first-order valence-electron chi connectivity index (χ1n) is 46.2. The number of amides is 5. The number of carbonyl (C=O) groups excluding carboxylic acids is 6. The van der Waals surface area contributed by atoms with E-state index in [1.165, 1.54) is 0 Å². The molecule has 0 bridgehead atoms. The number of carbonyl (C=O) groups is 6. The van der Waals surface area contributed by atoms with Crippen molar-refractivity contribution < 1.29 is 52.3 Å². The number of guanidine groups is 7. The summed E-state index contributed by atoms with van der Waals surface area (Å²) >= 11 is 0. The average molecular weight is 1800 g/mol. The summed E-state index contributed by atoms with van der Waals surface area (Å²) in [5.74, 6) is -0.368. The van der Waals surface area contributed by atoms with Crippen molar-refractivity contribution in [2.24, 2.45) is 40.1 Å². The molecular weight excluding hydrogens is 1630 g/mol. The van der Waals surface area contributed by atoms with Gasteiger partial charge in [0.1, 0.15) is 32.2 Å². The van der Waals surface area contributed by atoms with Crippen molar-refractivity contribution in [2.75, 3.05) is 184 Å². The van der Waals surface area contributed by atoms with E-state index in [-0.39, 0.29) is 139 Å². The fourth-order valence-corrected chi connectivity index (χ4v) is 17.4. The summed E-state index contributed by atoms with van der Waals surface area (Å²) in [6, 6.07) is 0. The van der Waals surface area contributed by atoms with Crippen LogP contribution in [-0.4, -0.2) is 306 Å². The van der Waals surface area contributed by atoms with Gasteiger partial charge in [0.15, 0.2) is 41.7 Å². The Bertz CT molecular complexity index is 2640. The van der Waals surface area contributed by atoms with Gasteiger partial charge in [0.2, 0.25) is 5.91 Å². The van der Waals surface area contributed by atoms with Crippen molar-refractivity contribution in [3.8, 4) is 0 Å². The molecule has 1 heterocycles. The Kier molecular flexibility index (Phi) is 68.1. The molecule has 0 radical (unpaired) electrons. The minimum Gasteiger partial charge on any atom is -0.448 e. The molecule has 0 aromatic heterocycles. The van der Waals surface area contributed by atoms with Crippen LogP contribution in [0.25, 0.3) is 0 Å². The van der Waals surface area contributed by atoms with Crippen LogP contribution in [0.2, 0.25) is 0 Å². The molecule has 43 heteroatoms. The lowest BCUT2D eigenvalue weighted by molar-refractivity contribution is -0.132. The van der Waals surface area contributed by atoms with E-state index < -0.39 is 32.0 Å². The van der Waals surface area contributed by atoms with Crippen LogP contribution < -0.4 is 82.7 Å². The van der Waals surface area contributed by atoms with E-state index in [1.807, 2.05) is 4.67 Å². The molecule has 1 unspecified atom stereocenters. The number of unbranched alkanes of at least 4 members (excludes halogenated alkanes) is 27. The molecule has 1 atom stereocenters. The van der Waals surface area contributed by atoms with Gasteiger partial charge in [0.05, 0.1) is 5.84 Å². The number of ether oxygens (including phenoxy) is 4. The number of amidine groups is 1. The van der Waals surface area contributed by atoms with Gasteiger partial charge in [0, 0.05) is 170 Å². The molecule has 1 fully saturated rings. The van der Waals surface area contributed by atoms with E-state index in [2.05, 4.69) is 42.5 Å². The van der Waals surface area contributed by atoms with Gasteiger partial charge in [-0.15, -0.1) is 0 Å². The van der Waals surface area contributed by atoms with E-state index in [0.717, 1.165) is 173 Å². The highest BCUT2D eigenvalue weighted by atomic mass is 31.2. The molecule has 0 aliphatic carbocycles. The summed E-state index contributed by atoms with van der Waals surface area (Å²) in [4.78, 5) is 93.6. The Balaban J connectivity index is 4.43. The lowest BCUT2D eigenvalue weighted by Gasteiger charge is -2.47. The van der Waals surface area contributed by atoms with Crippen molar-refractivity contribution >= 4 is 91.2 Å². The zero-order valence-electron chi connectivity index (χ0n) is 76.2. The molecule has 1 rings (SSSR count). The molecule has 0 saturated carbocycles. The van der Waals surface area contributed by atoms with Crippen LogP contribution in [0.4, 0.5) is 19.2 Å². The zero-order chi connectivity index (χ0) is 92.4. The Morgan fingerprint density at radius 3 is 0.688 bits per heavy atom. The Labute approximate surface area is 746 Å². The molecule has 1 aliphatic rings. The summed E-state index contributed by atoms with van der Waals surface area (Å²) in [5, 5.41) is 83.9. The Morgan fingerprint density at radius 1 is 0.280 bits per heavy atom. The minimum absolute atomic E-state index is 0.0691. The molecule has 30 N–H and O–H groups in total. The zero-order valence-corrected chi connectivity index (χ0v) is 77.1. The predicted octanol–water partition coefficient (Wildman–Crippen LogP) is 6.98. The van der Waals surface area contributed by atoms with Crippen LogP contribution >= 0.6 is 7.59 Å². The standard InChI is InChI=1S/C82H168N31O11P/c1-69(114)39-21-3-4-22-40-71(115)106-57-59-111(60-58-106)125(120,112(61-65-121-79(116)107(49-31-13-5-23-41-98-70(2)83)50-32-14-6-24-42-99-72(84)85)62-66-122-80(117)108(51-33-15-7-25-43-100-73(86)87)52-34-16-8-26-44-101-74(88)89)113(63-67-123-81(118)109(53-35-17-9-27-45-102-75(90)91)54-36-18-10-28-46-103-76(92)93)64-68-124-82(119)110(55-37-19-11-29-47-104-77(94)95)56-38-20-12-30-48-105-78(96)97/h3-68H2,1-2H3,(H2,83,98)(H4,84,85,99)(H4,86,87,100)(H4,88,89,101)(H4,90,91,102)(H4,92,93,103)(H4,94,95,104)(H4,96,97,105). The average Bonchev–Trinajstić information content (AvgIpc) is 0.771. The predicted molar refractivity (Wildman–Crippen MR) is 498 cm³/mol. The van der Waals surface area contributed by atoms with Gasteiger partial charge < -0.3 is 131 Å². The van der Waals surface area contributed by atoms with Crippen molar-refractivity contribution in [3.63, 3.8) is 0 Å². The van der Waals surface area contributed by atoms with Gasteiger partial charge in [-0.1, -0.05) is 116 Å². The molecule has 0 aromatic rings. The van der Waals surface area contributed by atoms with Crippen LogP contribution in [-0.2, 0) is 33.1 Å². The van der Waals surface area contributed by atoms with Crippen LogP contribution in [0.15, 0.2) is 0 Å². The van der Waals surface area contributed by atoms with E-state index in [9.17, 15) is 28.8 Å². The third kappa shape index (κ3) is 63.3. The summed E-state index contributed by atoms with van der Waals surface area (Å²) in [6.07, 6.45) is 25.2. The monoisotopic (exact) mass is 1790 g/mol.